The highest BCUT2D eigenvalue weighted by Crippen LogP contribution is 2.24. The monoisotopic (exact) mass is 290 g/mol. The number of rotatable bonds is 10. The average Bonchev–Trinajstić information content (AvgIpc) is 2.38. The summed E-state index contributed by atoms with van der Waals surface area (Å²) in [7, 11) is 1.16. The quantitative estimate of drug-likeness (QED) is 0.475. The molecular formula is C13H22O7. The Kier molecular flexibility index (Phi) is 8.54. The third-order valence-electron chi connectivity index (χ3n) is 2.62. The molecule has 1 N–H and O–H groups in total. The van der Waals surface area contributed by atoms with Crippen molar-refractivity contribution in [2.45, 2.75) is 45.1 Å². The molecule has 0 aromatic heterocycles. The van der Waals surface area contributed by atoms with E-state index >= 15 is 0 Å². The summed E-state index contributed by atoms with van der Waals surface area (Å²) in [5.41, 5.74) is -1.83. The molecule has 0 aromatic carbocycles. The molecule has 0 spiro atoms. The highest BCUT2D eigenvalue weighted by atomic mass is 16.6. The largest absolute Gasteiger partial charge is 0.481 e. The summed E-state index contributed by atoms with van der Waals surface area (Å²) in [5, 5.41) is 8.97. The van der Waals surface area contributed by atoms with Crippen LogP contribution in [0.4, 0.5) is 0 Å². The number of esters is 2. The summed E-state index contributed by atoms with van der Waals surface area (Å²) in [5.74, 6) is -2.84. The lowest BCUT2D eigenvalue weighted by Crippen LogP contribution is -2.47. The predicted octanol–water partition coefficient (Wildman–Crippen LogP) is 1.14. The average molecular weight is 290 g/mol. The van der Waals surface area contributed by atoms with Crippen LogP contribution < -0.4 is 0 Å². The Hall–Kier alpha value is -1.63. The molecule has 116 valence electrons. The molecule has 0 heterocycles. The molecule has 0 aliphatic carbocycles. The van der Waals surface area contributed by atoms with Gasteiger partial charge >= 0.3 is 17.9 Å². The van der Waals surface area contributed by atoms with Gasteiger partial charge < -0.3 is 19.3 Å². The van der Waals surface area contributed by atoms with E-state index in [9.17, 15) is 14.4 Å². The highest BCUT2D eigenvalue weighted by Gasteiger charge is 2.45. The van der Waals surface area contributed by atoms with Crippen LogP contribution in [-0.4, -0.2) is 48.9 Å². The number of methoxy groups -OCH3 is 1. The third-order valence-corrected chi connectivity index (χ3v) is 2.62. The minimum absolute atomic E-state index is 0.0680. The van der Waals surface area contributed by atoms with Crippen LogP contribution in [0.15, 0.2) is 0 Å². The molecule has 20 heavy (non-hydrogen) atoms. The summed E-state index contributed by atoms with van der Waals surface area (Å²) < 4.78 is 14.8. The van der Waals surface area contributed by atoms with Crippen LogP contribution >= 0.6 is 0 Å². The van der Waals surface area contributed by atoms with Gasteiger partial charge in [-0.25, -0.2) is 4.79 Å². The zero-order valence-electron chi connectivity index (χ0n) is 12.1. The zero-order valence-corrected chi connectivity index (χ0v) is 12.1. The van der Waals surface area contributed by atoms with Crippen LogP contribution in [0.2, 0.25) is 0 Å². The normalized spacial score (nSPS) is 13.3. The van der Waals surface area contributed by atoms with E-state index in [0.29, 0.717) is 6.42 Å². The van der Waals surface area contributed by atoms with E-state index in [4.69, 9.17) is 14.6 Å². The van der Waals surface area contributed by atoms with Crippen LogP contribution in [0.5, 0.6) is 0 Å². The Bertz CT molecular complexity index is 340. The molecule has 1 atom stereocenters. The number of carboxylic acids is 1. The van der Waals surface area contributed by atoms with Crippen molar-refractivity contribution in [3.8, 4) is 0 Å². The summed E-state index contributed by atoms with van der Waals surface area (Å²) in [6.07, 6.45) is 0.315. The molecule has 1 unspecified atom stereocenters. The molecule has 7 heteroatoms. The number of unbranched alkanes of at least 4 members (excludes halogenated alkanes) is 1. The van der Waals surface area contributed by atoms with Crippen molar-refractivity contribution in [1.29, 1.82) is 0 Å². The lowest BCUT2D eigenvalue weighted by Gasteiger charge is -2.29. The molecule has 0 rings (SSSR count). The highest BCUT2D eigenvalue weighted by molar-refractivity contribution is 5.90. The van der Waals surface area contributed by atoms with Crippen molar-refractivity contribution < 1.29 is 33.7 Å². The Morgan fingerprint density at radius 2 is 1.80 bits per heavy atom. The van der Waals surface area contributed by atoms with Crippen molar-refractivity contribution in [1.82, 2.24) is 0 Å². The Morgan fingerprint density at radius 1 is 1.15 bits per heavy atom. The molecule has 0 aromatic rings. The van der Waals surface area contributed by atoms with E-state index in [2.05, 4.69) is 4.74 Å². The SMILES string of the molecule is CCCCOC(CC(=O)O)(CC(=O)OC)C(=O)OCC. The van der Waals surface area contributed by atoms with Crippen LogP contribution in [-0.2, 0) is 28.6 Å². The van der Waals surface area contributed by atoms with Gasteiger partial charge in [0.05, 0.1) is 26.6 Å². The molecule has 0 aliphatic heterocycles. The summed E-state index contributed by atoms with van der Waals surface area (Å²) in [6, 6.07) is 0. The Morgan fingerprint density at radius 3 is 2.25 bits per heavy atom. The summed E-state index contributed by atoms with van der Waals surface area (Å²) >= 11 is 0. The second-order valence-electron chi connectivity index (χ2n) is 4.24. The van der Waals surface area contributed by atoms with E-state index in [1.165, 1.54) is 0 Å². The van der Waals surface area contributed by atoms with Crippen molar-refractivity contribution in [3.63, 3.8) is 0 Å². The van der Waals surface area contributed by atoms with Gasteiger partial charge in [-0.1, -0.05) is 13.3 Å². The van der Waals surface area contributed by atoms with E-state index in [0.717, 1.165) is 13.5 Å². The van der Waals surface area contributed by atoms with Gasteiger partial charge in [0.15, 0.2) is 5.60 Å². The maximum atomic E-state index is 12.0. The van der Waals surface area contributed by atoms with Gasteiger partial charge in [0.25, 0.3) is 0 Å². The molecule has 0 fully saturated rings. The summed E-state index contributed by atoms with van der Waals surface area (Å²) in [4.78, 5) is 34.5. The predicted molar refractivity (Wildman–Crippen MR) is 69.1 cm³/mol. The zero-order chi connectivity index (χ0) is 15.6. The fourth-order valence-electron chi connectivity index (χ4n) is 1.59. The van der Waals surface area contributed by atoms with E-state index in [1.54, 1.807) is 6.92 Å². The van der Waals surface area contributed by atoms with Crippen LogP contribution in [0.1, 0.15) is 39.5 Å². The first-order chi connectivity index (χ1) is 9.41. The fourth-order valence-corrected chi connectivity index (χ4v) is 1.59. The Balaban J connectivity index is 5.19. The van der Waals surface area contributed by atoms with Crippen LogP contribution in [0, 0.1) is 0 Å². The number of carbonyl (C=O) groups excluding carboxylic acids is 2. The second-order valence-corrected chi connectivity index (χ2v) is 4.24. The van der Waals surface area contributed by atoms with Gasteiger partial charge in [0.2, 0.25) is 0 Å². The molecule has 0 saturated heterocycles. The number of hydrogen-bond acceptors (Lipinski definition) is 6. The molecular weight excluding hydrogens is 268 g/mol. The van der Waals surface area contributed by atoms with E-state index in [-0.39, 0.29) is 13.2 Å². The van der Waals surface area contributed by atoms with Crippen molar-refractivity contribution in [2.24, 2.45) is 0 Å². The minimum Gasteiger partial charge on any atom is -0.481 e. The number of ether oxygens (including phenoxy) is 3. The van der Waals surface area contributed by atoms with Crippen molar-refractivity contribution in [3.05, 3.63) is 0 Å². The van der Waals surface area contributed by atoms with E-state index in [1.807, 2.05) is 6.92 Å². The van der Waals surface area contributed by atoms with Crippen LogP contribution in [0.3, 0.4) is 0 Å². The first kappa shape index (κ1) is 18.4. The lowest BCUT2D eigenvalue weighted by molar-refractivity contribution is -0.183. The standard InChI is InChI=1S/C13H22O7/c1-4-6-7-20-13(8-10(14)15,9-11(16)18-3)12(17)19-5-2/h4-9H2,1-3H3,(H,14,15). The van der Waals surface area contributed by atoms with Gasteiger partial charge in [0.1, 0.15) is 0 Å². The fraction of sp³-hybridized carbons (Fsp3) is 0.769. The number of aliphatic carboxylic acids is 1. The molecule has 0 saturated carbocycles. The maximum absolute atomic E-state index is 12.0. The van der Waals surface area contributed by atoms with Gasteiger partial charge in [0, 0.05) is 6.61 Å². The van der Waals surface area contributed by atoms with E-state index < -0.39 is 36.4 Å². The van der Waals surface area contributed by atoms with Crippen LogP contribution in [0.25, 0.3) is 0 Å². The van der Waals surface area contributed by atoms with Gasteiger partial charge in [-0.3, -0.25) is 9.59 Å². The molecule has 0 bridgehead atoms. The smallest absolute Gasteiger partial charge is 0.339 e. The first-order valence-electron chi connectivity index (χ1n) is 6.51. The molecule has 0 aliphatic rings. The van der Waals surface area contributed by atoms with Crippen molar-refractivity contribution >= 4 is 17.9 Å². The summed E-state index contributed by atoms with van der Waals surface area (Å²) in [6.45, 7) is 3.75. The third kappa shape index (κ3) is 6.01. The lowest BCUT2D eigenvalue weighted by atomic mass is 9.95. The Labute approximate surface area is 118 Å². The number of carboxylic acid groups (broad SMARTS) is 1. The maximum Gasteiger partial charge on any atom is 0.339 e. The van der Waals surface area contributed by atoms with Crippen molar-refractivity contribution in [2.75, 3.05) is 20.3 Å². The minimum atomic E-state index is -1.83. The van der Waals surface area contributed by atoms with Gasteiger partial charge in [-0.05, 0) is 13.3 Å². The van der Waals surface area contributed by atoms with Gasteiger partial charge in [-0.2, -0.15) is 0 Å². The topological polar surface area (TPSA) is 99.1 Å². The number of carbonyl (C=O) groups is 3. The number of hydrogen-bond donors (Lipinski definition) is 1. The molecule has 0 radical (unpaired) electrons. The second kappa shape index (κ2) is 9.30. The molecule has 0 amide bonds. The van der Waals surface area contributed by atoms with Gasteiger partial charge in [-0.15, -0.1) is 0 Å². The first-order valence-corrected chi connectivity index (χ1v) is 6.51. The molecule has 7 nitrogen and oxygen atoms in total.